The number of rotatable bonds is 5. The van der Waals surface area contributed by atoms with Crippen LogP contribution in [0.15, 0.2) is 39.6 Å². The first-order valence-corrected chi connectivity index (χ1v) is 10.1. The molecule has 1 aliphatic rings. The normalized spacial score (nSPS) is 13.5. The Morgan fingerprint density at radius 1 is 1.31 bits per heavy atom. The Kier molecular flexibility index (Phi) is 4.85. The third kappa shape index (κ3) is 3.56. The minimum Gasteiger partial charge on any atom is -0.462 e. The van der Waals surface area contributed by atoms with Gasteiger partial charge in [-0.1, -0.05) is 0 Å². The van der Waals surface area contributed by atoms with E-state index in [1.165, 1.54) is 21.8 Å². The Balaban J connectivity index is 1.27. The number of nitrogens with one attached hydrogen (secondary N) is 1. The number of carbonyl (C=O) groups is 2. The summed E-state index contributed by atoms with van der Waals surface area (Å²) in [6.07, 6.45) is 2.78. The van der Waals surface area contributed by atoms with Gasteiger partial charge in [0, 0.05) is 36.3 Å². The largest absolute Gasteiger partial charge is 0.462 e. The number of carbonyl (C=O) groups excluding carboxylic acids is 2. The molecule has 2 amide bonds. The highest BCUT2D eigenvalue weighted by atomic mass is 32.1. The van der Waals surface area contributed by atoms with E-state index in [2.05, 4.69) is 21.7 Å². The second-order valence-electron chi connectivity index (χ2n) is 5.96. The van der Waals surface area contributed by atoms with Crippen molar-refractivity contribution in [2.75, 3.05) is 13.1 Å². The molecule has 0 aliphatic carbocycles. The molecule has 26 heavy (non-hydrogen) atoms. The van der Waals surface area contributed by atoms with Gasteiger partial charge in [0.1, 0.15) is 5.69 Å². The SMILES string of the molecule is O=C(NCCC(=O)N1CCc2sccc2C1)c1csc(-c2ccco2)n1. The molecule has 0 atom stereocenters. The molecule has 3 aromatic rings. The molecule has 4 rings (SSSR count). The van der Waals surface area contributed by atoms with Gasteiger partial charge in [-0.2, -0.15) is 0 Å². The molecule has 0 fully saturated rings. The van der Waals surface area contributed by atoms with Crippen molar-refractivity contribution in [2.24, 2.45) is 0 Å². The summed E-state index contributed by atoms with van der Waals surface area (Å²) in [7, 11) is 0. The second kappa shape index (κ2) is 7.43. The van der Waals surface area contributed by atoms with Crippen molar-refractivity contribution in [1.29, 1.82) is 0 Å². The molecule has 8 heteroatoms. The smallest absolute Gasteiger partial charge is 0.270 e. The van der Waals surface area contributed by atoms with Crippen molar-refractivity contribution in [3.63, 3.8) is 0 Å². The van der Waals surface area contributed by atoms with Crippen LogP contribution in [-0.4, -0.2) is 34.8 Å². The summed E-state index contributed by atoms with van der Waals surface area (Å²) in [6.45, 7) is 1.72. The van der Waals surface area contributed by atoms with Crippen molar-refractivity contribution in [1.82, 2.24) is 15.2 Å². The average molecular weight is 387 g/mol. The van der Waals surface area contributed by atoms with Crippen LogP contribution in [-0.2, 0) is 17.8 Å². The van der Waals surface area contributed by atoms with Gasteiger partial charge < -0.3 is 14.6 Å². The fraction of sp³-hybridized carbons (Fsp3) is 0.278. The summed E-state index contributed by atoms with van der Waals surface area (Å²) in [5.74, 6) is 0.435. The number of thiophene rings is 1. The number of fused-ring (bicyclic) bond motifs is 1. The minimum absolute atomic E-state index is 0.0664. The van der Waals surface area contributed by atoms with Crippen molar-refractivity contribution in [3.05, 3.63) is 51.4 Å². The van der Waals surface area contributed by atoms with Gasteiger partial charge >= 0.3 is 0 Å². The van der Waals surface area contributed by atoms with Crippen LogP contribution in [0.3, 0.4) is 0 Å². The lowest BCUT2D eigenvalue weighted by atomic mass is 10.1. The maximum absolute atomic E-state index is 12.4. The van der Waals surface area contributed by atoms with Crippen LogP contribution in [0, 0.1) is 0 Å². The summed E-state index contributed by atoms with van der Waals surface area (Å²) < 4.78 is 5.28. The molecular weight excluding hydrogens is 370 g/mol. The number of aromatic nitrogens is 1. The van der Waals surface area contributed by atoms with Gasteiger partial charge in [-0.3, -0.25) is 9.59 Å². The Hall–Kier alpha value is -2.45. The standard InChI is InChI=1S/C18H17N3O3S2/c22-16(21-7-4-15-12(10-21)5-9-25-15)3-6-19-17(23)13-11-26-18(20-13)14-2-1-8-24-14/h1-2,5,8-9,11H,3-4,6-7,10H2,(H,19,23). The van der Waals surface area contributed by atoms with E-state index in [9.17, 15) is 9.59 Å². The maximum atomic E-state index is 12.4. The molecule has 0 spiro atoms. The molecule has 0 saturated heterocycles. The lowest BCUT2D eigenvalue weighted by Crippen LogP contribution is -2.37. The van der Waals surface area contributed by atoms with Gasteiger partial charge in [0.05, 0.1) is 6.26 Å². The zero-order chi connectivity index (χ0) is 17.9. The first-order chi connectivity index (χ1) is 12.7. The predicted molar refractivity (Wildman–Crippen MR) is 100 cm³/mol. The van der Waals surface area contributed by atoms with Gasteiger partial charge in [0.2, 0.25) is 5.91 Å². The second-order valence-corrected chi connectivity index (χ2v) is 7.81. The fourth-order valence-corrected chi connectivity index (χ4v) is 4.54. The summed E-state index contributed by atoms with van der Waals surface area (Å²) in [5, 5.41) is 7.20. The Morgan fingerprint density at radius 2 is 2.23 bits per heavy atom. The molecule has 0 unspecified atom stereocenters. The fourth-order valence-electron chi connectivity index (χ4n) is 2.88. The third-order valence-electron chi connectivity index (χ3n) is 4.25. The zero-order valence-corrected chi connectivity index (χ0v) is 15.6. The summed E-state index contributed by atoms with van der Waals surface area (Å²) >= 11 is 3.10. The Labute approximate surface area is 158 Å². The van der Waals surface area contributed by atoms with Gasteiger partial charge in [-0.25, -0.2) is 4.98 Å². The van der Waals surface area contributed by atoms with Gasteiger partial charge in [-0.05, 0) is 35.6 Å². The highest BCUT2D eigenvalue weighted by Gasteiger charge is 2.21. The van der Waals surface area contributed by atoms with Crippen molar-refractivity contribution < 1.29 is 14.0 Å². The maximum Gasteiger partial charge on any atom is 0.270 e. The minimum atomic E-state index is -0.273. The van der Waals surface area contributed by atoms with E-state index < -0.39 is 0 Å². The van der Waals surface area contributed by atoms with E-state index in [1.807, 2.05) is 4.90 Å². The highest BCUT2D eigenvalue weighted by molar-refractivity contribution is 7.13. The van der Waals surface area contributed by atoms with Crippen LogP contribution in [0.4, 0.5) is 0 Å². The molecule has 6 nitrogen and oxygen atoms in total. The van der Waals surface area contributed by atoms with Crippen molar-refractivity contribution in [2.45, 2.75) is 19.4 Å². The Bertz CT molecular complexity index is 914. The van der Waals surface area contributed by atoms with E-state index in [4.69, 9.17) is 4.42 Å². The van der Waals surface area contributed by atoms with E-state index >= 15 is 0 Å². The van der Waals surface area contributed by atoms with Crippen molar-refractivity contribution in [3.8, 4) is 10.8 Å². The lowest BCUT2D eigenvalue weighted by Gasteiger charge is -2.27. The lowest BCUT2D eigenvalue weighted by molar-refractivity contribution is -0.131. The quantitative estimate of drug-likeness (QED) is 0.730. The number of furan rings is 1. The average Bonchev–Trinajstić information content (AvgIpc) is 3.41. The third-order valence-corrected chi connectivity index (χ3v) is 6.13. The van der Waals surface area contributed by atoms with Gasteiger partial charge in [0.25, 0.3) is 5.91 Å². The number of amides is 2. The molecule has 1 aliphatic heterocycles. The number of hydrogen-bond acceptors (Lipinski definition) is 6. The molecule has 134 valence electrons. The van der Waals surface area contributed by atoms with Crippen LogP contribution in [0.1, 0.15) is 27.3 Å². The molecule has 0 radical (unpaired) electrons. The van der Waals surface area contributed by atoms with Crippen LogP contribution in [0.25, 0.3) is 10.8 Å². The first kappa shape index (κ1) is 17.0. The van der Waals surface area contributed by atoms with E-state index in [1.54, 1.807) is 35.1 Å². The van der Waals surface area contributed by atoms with Crippen LogP contribution in [0.2, 0.25) is 0 Å². The number of thiazole rings is 1. The first-order valence-electron chi connectivity index (χ1n) is 8.31. The summed E-state index contributed by atoms with van der Waals surface area (Å²) in [4.78, 5) is 32.1. The molecular formula is C18H17N3O3S2. The monoisotopic (exact) mass is 387 g/mol. The van der Waals surface area contributed by atoms with Crippen LogP contribution < -0.4 is 5.32 Å². The molecule has 0 saturated carbocycles. The molecule has 0 aromatic carbocycles. The molecule has 3 aromatic heterocycles. The van der Waals surface area contributed by atoms with Crippen molar-refractivity contribution >= 4 is 34.5 Å². The topological polar surface area (TPSA) is 75.4 Å². The van der Waals surface area contributed by atoms with Gasteiger partial charge in [-0.15, -0.1) is 22.7 Å². The predicted octanol–water partition coefficient (Wildman–Crippen LogP) is 3.17. The number of hydrogen-bond donors (Lipinski definition) is 1. The van der Waals surface area contributed by atoms with Crippen LogP contribution >= 0.6 is 22.7 Å². The summed E-state index contributed by atoms with van der Waals surface area (Å²) in [5.41, 5.74) is 1.58. The summed E-state index contributed by atoms with van der Waals surface area (Å²) in [6, 6.07) is 5.67. The van der Waals surface area contributed by atoms with E-state index in [0.717, 1.165) is 13.0 Å². The molecule has 4 heterocycles. The van der Waals surface area contributed by atoms with E-state index in [0.29, 0.717) is 36.0 Å². The van der Waals surface area contributed by atoms with Gasteiger partial charge in [0.15, 0.2) is 10.8 Å². The van der Waals surface area contributed by atoms with Crippen LogP contribution in [0.5, 0.6) is 0 Å². The molecule has 1 N–H and O–H groups in total. The molecule has 0 bridgehead atoms. The zero-order valence-electron chi connectivity index (χ0n) is 13.9. The van der Waals surface area contributed by atoms with E-state index in [-0.39, 0.29) is 11.8 Å². The highest BCUT2D eigenvalue weighted by Crippen LogP contribution is 2.25. The Morgan fingerprint density at radius 3 is 3.08 bits per heavy atom. The number of nitrogens with zero attached hydrogens (tertiary/aromatic N) is 2.